The van der Waals surface area contributed by atoms with Gasteiger partial charge in [-0.05, 0) is 36.5 Å². The van der Waals surface area contributed by atoms with E-state index in [2.05, 4.69) is 11.7 Å². The summed E-state index contributed by atoms with van der Waals surface area (Å²) in [7, 11) is -2.09. The van der Waals surface area contributed by atoms with E-state index in [1.54, 1.807) is 28.6 Å². The van der Waals surface area contributed by atoms with Crippen molar-refractivity contribution < 1.29 is 17.9 Å². The molecule has 0 saturated carbocycles. The first kappa shape index (κ1) is 16.0. The van der Waals surface area contributed by atoms with Gasteiger partial charge in [0.05, 0.1) is 18.4 Å². The number of hydrogen-bond acceptors (Lipinski definition) is 4. The highest BCUT2D eigenvalue weighted by Gasteiger charge is 2.27. The zero-order valence-electron chi connectivity index (χ0n) is 12.4. The van der Waals surface area contributed by atoms with Gasteiger partial charge in [0.15, 0.2) is 0 Å². The molecule has 1 aliphatic heterocycles. The van der Waals surface area contributed by atoms with E-state index in [4.69, 9.17) is 0 Å². The van der Waals surface area contributed by atoms with Crippen molar-refractivity contribution in [3.05, 3.63) is 29.8 Å². The molecule has 5 nitrogen and oxygen atoms in total. The first-order valence-electron chi connectivity index (χ1n) is 7.09. The normalized spacial score (nSPS) is 17.6. The molecule has 2 rings (SSSR count). The molecule has 0 radical (unpaired) electrons. The van der Waals surface area contributed by atoms with Crippen LogP contribution in [-0.4, -0.2) is 38.9 Å². The number of hydrogen-bond donors (Lipinski definition) is 0. The van der Waals surface area contributed by atoms with Crippen LogP contribution in [0.5, 0.6) is 0 Å². The molecule has 0 spiro atoms. The molecular weight excluding hydrogens is 290 g/mol. The second-order valence-electron chi connectivity index (χ2n) is 5.48. The van der Waals surface area contributed by atoms with Gasteiger partial charge < -0.3 is 4.74 Å². The summed E-state index contributed by atoms with van der Waals surface area (Å²) in [6.45, 7) is 3.30. The third-order valence-electron chi connectivity index (χ3n) is 3.88. The highest BCUT2D eigenvalue weighted by atomic mass is 32.2. The van der Waals surface area contributed by atoms with Crippen LogP contribution in [0.3, 0.4) is 0 Å². The Balaban J connectivity index is 2.12. The summed E-state index contributed by atoms with van der Waals surface area (Å²) < 4.78 is 31.2. The molecule has 1 fully saturated rings. The first-order chi connectivity index (χ1) is 9.93. The van der Waals surface area contributed by atoms with Crippen LogP contribution in [0.4, 0.5) is 0 Å². The molecular formula is C15H21NO4S. The van der Waals surface area contributed by atoms with Crippen LogP contribution in [-0.2, 0) is 26.0 Å². The molecule has 0 amide bonds. The van der Waals surface area contributed by atoms with E-state index in [-0.39, 0.29) is 17.3 Å². The van der Waals surface area contributed by atoms with Crippen LogP contribution in [0, 0.1) is 5.92 Å². The lowest BCUT2D eigenvalue weighted by molar-refractivity contribution is -0.139. The van der Waals surface area contributed by atoms with Gasteiger partial charge in [-0.2, -0.15) is 4.31 Å². The first-order valence-corrected chi connectivity index (χ1v) is 8.53. The third kappa shape index (κ3) is 3.83. The topological polar surface area (TPSA) is 63.7 Å². The number of ether oxygens (including phenoxy) is 1. The summed E-state index contributed by atoms with van der Waals surface area (Å²) in [4.78, 5) is 11.5. The molecule has 1 aromatic rings. The lowest BCUT2D eigenvalue weighted by atomic mass is 10.0. The maximum Gasteiger partial charge on any atom is 0.309 e. The van der Waals surface area contributed by atoms with Crippen molar-refractivity contribution in [1.29, 1.82) is 0 Å². The summed E-state index contributed by atoms with van der Waals surface area (Å²) in [6.07, 6.45) is 1.96. The lowest BCUT2D eigenvalue weighted by Gasteiger charge is -2.29. The summed E-state index contributed by atoms with van der Waals surface area (Å²) in [5.74, 6) is 0.245. The number of methoxy groups -OCH3 is 1. The Hall–Kier alpha value is -1.40. The SMILES string of the molecule is COC(=O)Cc1ccc(S(=O)(=O)N2CCC(C)CC2)cc1. The second-order valence-corrected chi connectivity index (χ2v) is 7.42. The third-order valence-corrected chi connectivity index (χ3v) is 5.79. The number of carbonyl (C=O) groups excluding carboxylic acids is 1. The van der Waals surface area contributed by atoms with Crippen LogP contribution in [0.25, 0.3) is 0 Å². The number of piperidine rings is 1. The molecule has 0 atom stereocenters. The number of esters is 1. The van der Waals surface area contributed by atoms with E-state index < -0.39 is 10.0 Å². The smallest absolute Gasteiger partial charge is 0.309 e. The summed E-state index contributed by atoms with van der Waals surface area (Å²) >= 11 is 0. The number of sulfonamides is 1. The van der Waals surface area contributed by atoms with E-state index >= 15 is 0 Å². The predicted octanol–water partition coefficient (Wildman–Crippen LogP) is 1.82. The molecule has 0 aliphatic carbocycles. The summed E-state index contributed by atoms with van der Waals surface area (Å²) in [6, 6.07) is 6.45. The van der Waals surface area contributed by atoms with Crippen LogP contribution in [0.2, 0.25) is 0 Å². The van der Waals surface area contributed by atoms with E-state index in [1.165, 1.54) is 7.11 Å². The fourth-order valence-electron chi connectivity index (χ4n) is 2.39. The van der Waals surface area contributed by atoms with Crippen molar-refractivity contribution in [3.8, 4) is 0 Å². The minimum atomic E-state index is -3.42. The Morgan fingerprint density at radius 3 is 2.33 bits per heavy atom. The molecule has 1 saturated heterocycles. The Labute approximate surface area is 126 Å². The van der Waals surface area contributed by atoms with Crippen molar-refractivity contribution in [2.75, 3.05) is 20.2 Å². The highest BCUT2D eigenvalue weighted by molar-refractivity contribution is 7.89. The molecule has 1 heterocycles. The Bertz CT molecular complexity index is 587. The fourth-order valence-corrected chi connectivity index (χ4v) is 3.86. The molecule has 0 aromatic heterocycles. The van der Waals surface area contributed by atoms with E-state index in [0.29, 0.717) is 19.0 Å². The van der Waals surface area contributed by atoms with Crippen molar-refractivity contribution in [2.45, 2.75) is 31.1 Å². The second kappa shape index (κ2) is 6.58. The van der Waals surface area contributed by atoms with Crippen LogP contribution in [0.15, 0.2) is 29.2 Å². The van der Waals surface area contributed by atoms with Gasteiger partial charge in [0.25, 0.3) is 0 Å². The Morgan fingerprint density at radius 2 is 1.81 bits per heavy atom. The number of carbonyl (C=O) groups is 1. The fraction of sp³-hybridized carbons (Fsp3) is 0.533. The minimum absolute atomic E-state index is 0.151. The van der Waals surface area contributed by atoms with E-state index in [0.717, 1.165) is 18.4 Å². The zero-order chi connectivity index (χ0) is 15.5. The number of rotatable bonds is 4. The average Bonchev–Trinajstić information content (AvgIpc) is 2.48. The maximum absolute atomic E-state index is 12.5. The maximum atomic E-state index is 12.5. The van der Waals surface area contributed by atoms with Gasteiger partial charge in [-0.15, -0.1) is 0 Å². The Morgan fingerprint density at radius 1 is 1.24 bits per heavy atom. The quantitative estimate of drug-likeness (QED) is 0.796. The van der Waals surface area contributed by atoms with Crippen molar-refractivity contribution in [2.24, 2.45) is 5.92 Å². The van der Waals surface area contributed by atoms with Crippen molar-refractivity contribution in [1.82, 2.24) is 4.31 Å². The van der Waals surface area contributed by atoms with Gasteiger partial charge in [-0.1, -0.05) is 19.1 Å². The van der Waals surface area contributed by atoms with Gasteiger partial charge in [0, 0.05) is 13.1 Å². The molecule has 1 aromatic carbocycles. The molecule has 1 aliphatic rings. The van der Waals surface area contributed by atoms with Gasteiger partial charge in [0.2, 0.25) is 10.0 Å². The minimum Gasteiger partial charge on any atom is -0.469 e. The van der Waals surface area contributed by atoms with E-state index in [9.17, 15) is 13.2 Å². The standard InChI is InChI=1S/C15H21NO4S/c1-12-7-9-16(10-8-12)21(18,19)14-5-3-13(4-6-14)11-15(17)20-2/h3-6,12H,7-11H2,1-2H3. The largest absolute Gasteiger partial charge is 0.469 e. The van der Waals surface area contributed by atoms with Gasteiger partial charge in [0.1, 0.15) is 0 Å². The molecule has 0 unspecified atom stereocenters. The summed E-state index contributed by atoms with van der Waals surface area (Å²) in [5.41, 5.74) is 0.744. The monoisotopic (exact) mass is 311 g/mol. The number of nitrogens with zero attached hydrogens (tertiary/aromatic N) is 1. The van der Waals surface area contributed by atoms with Crippen molar-refractivity contribution in [3.63, 3.8) is 0 Å². The molecule has 21 heavy (non-hydrogen) atoms. The lowest BCUT2D eigenvalue weighted by Crippen LogP contribution is -2.37. The Kier molecular flexibility index (Phi) is 5.00. The molecule has 116 valence electrons. The molecule has 0 bridgehead atoms. The van der Waals surface area contributed by atoms with Crippen LogP contribution in [0.1, 0.15) is 25.3 Å². The van der Waals surface area contributed by atoms with Crippen molar-refractivity contribution >= 4 is 16.0 Å². The molecule has 0 N–H and O–H groups in total. The van der Waals surface area contributed by atoms with Crippen LogP contribution < -0.4 is 0 Å². The number of benzene rings is 1. The van der Waals surface area contributed by atoms with Gasteiger partial charge >= 0.3 is 5.97 Å². The van der Waals surface area contributed by atoms with Gasteiger partial charge in [-0.3, -0.25) is 4.79 Å². The predicted molar refractivity (Wildman–Crippen MR) is 79.3 cm³/mol. The highest BCUT2D eigenvalue weighted by Crippen LogP contribution is 2.23. The van der Waals surface area contributed by atoms with Gasteiger partial charge in [-0.25, -0.2) is 8.42 Å². The average molecular weight is 311 g/mol. The summed E-state index contributed by atoms with van der Waals surface area (Å²) in [5, 5.41) is 0. The van der Waals surface area contributed by atoms with Crippen LogP contribution >= 0.6 is 0 Å². The molecule has 6 heteroatoms. The zero-order valence-corrected chi connectivity index (χ0v) is 13.2. The van der Waals surface area contributed by atoms with E-state index in [1.807, 2.05) is 0 Å².